The molecule has 128 valence electrons. The Morgan fingerprint density at radius 2 is 2.21 bits per heavy atom. The number of aliphatic hydroxyl groups is 1. The van der Waals surface area contributed by atoms with Gasteiger partial charge < -0.3 is 14.9 Å². The van der Waals surface area contributed by atoms with Crippen LogP contribution in [0, 0.1) is 25.6 Å². The maximum Gasteiger partial charge on any atom is 0.251 e. The summed E-state index contributed by atoms with van der Waals surface area (Å²) in [5.74, 6) is 0.216. The highest BCUT2D eigenvalue weighted by Crippen LogP contribution is 2.37. The van der Waals surface area contributed by atoms with Gasteiger partial charge in [-0.1, -0.05) is 11.2 Å². The fraction of sp³-hybridized carbons (Fsp3) is 0.471. The number of carbonyl (C=O) groups excluding carboxylic acids is 1. The van der Waals surface area contributed by atoms with E-state index in [1.807, 2.05) is 0 Å². The summed E-state index contributed by atoms with van der Waals surface area (Å²) < 4.78 is 18.5. The molecule has 3 rings (SSSR count). The monoisotopic (exact) mass is 333 g/mol. The second-order valence-corrected chi connectivity index (χ2v) is 6.34. The summed E-state index contributed by atoms with van der Waals surface area (Å²) in [7, 11) is 0. The maximum atomic E-state index is 13.3. The first-order chi connectivity index (χ1) is 11.4. The number of hydrogen-bond acceptors (Lipinski definition) is 5. The molecule has 2 aromatic rings. The van der Waals surface area contributed by atoms with Crippen molar-refractivity contribution in [3.05, 3.63) is 46.9 Å². The number of benzene rings is 1. The van der Waals surface area contributed by atoms with Crippen molar-refractivity contribution < 1.29 is 18.8 Å². The number of nitrogens with zero attached hydrogens (tertiary/aromatic N) is 2. The van der Waals surface area contributed by atoms with E-state index in [1.165, 1.54) is 12.1 Å². The summed E-state index contributed by atoms with van der Waals surface area (Å²) in [5, 5.41) is 16.8. The van der Waals surface area contributed by atoms with E-state index in [1.54, 1.807) is 19.9 Å². The molecule has 0 bridgehead atoms. The smallest absolute Gasteiger partial charge is 0.251 e. The molecule has 0 spiro atoms. The molecule has 1 amide bonds. The van der Waals surface area contributed by atoms with Crippen LogP contribution in [0.25, 0.3) is 0 Å². The van der Waals surface area contributed by atoms with Crippen molar-refractivity contribution in [2.45, 2.75) is 38.7 Å². The number of rotatable bonds is 4. The highest BCUT2D eigenvalue weighted by atomic mass is 19.1. The third kappa shape index (κ3) is 3.46. The van der Waals surface area contributed by atoms with Crippen molar-refractivity contribution in [1.29, 1.82) is 0 Å². The van der Waals surface area contributed by atoms with E-state index in [0.29, 0.717) is 42.2 Å². The summed E-state index contributed by atoms with van der Waals surface area (Å²) in [5.41, 5.74) is 1.02. The van der Waals surface area contributed by atoms with Crippen LogP contribution in [-0.4, -0.2) is 33.8 Å². The molecule has 0 saturated heterocycles. The lowest BCUT2D eigenvalue weighted by Crippen LogP contribution is -2.32. The van der Waals surface area contributed by atoms with Gasteiger partial charge in [0.05, 0.1) is 6.10 Å². The van der Waals surface area contributed by atoms with Crippen molar-refractivity contribution in [1.82, 2.24) is 15.5 Å². The molecule has 24 heavy (non-hydrogen) atoms. The minimum atomic E-state index is -0.545. The molecule has 0 aliphatic heterocycles. The highest BCUT2D eigenvalue weighted by molar-refractivity contribution is 5.95. The summed E-state index contributed by atoms with van der Waals surface area (Å²) in [4.78, 5) is 16.4. The average molecular weight is 333 g/mol. The second-order valence-electron chi connectivity index (χ2n) is 6.34. The van der Waals surface area contributed by atoms with Crippen molar-refractivity contribution in [3.8, 4) is 0 Å². The first-order valence-corrected chi connectivity index (χ1v) is 7.96. The first-order valence-electron chi connectivity index (χ1n) is 7.96. The fourth-order valence-corrected chi connectivity index (χ4v) is 3.16. The molecule has 1 aromatic heterocycles. The zero-order valence-corrected chi connectivity index (χ0v) is 13.6. The molecule has 1 aromatic carbocycles. The van der Waals surface area contributed by atoms with Crippen LogP contribution >= 0.6 is 0 Å². The van der Waals surface area contributed by atoms with Gasteiger partial charge in [-0.2, -0.15) is 4.98 Å². The van der Waals surface area contributed by atoms with Gasteiger partial charge in [-0.25, -0.2) is 4.39 Å². The largest absolute Gasteiger partial charge is 0.393 e. The summed E-state index contributed by atoms with van der Waals surface area (Å²) in [6.07, 6.45) is 0.642. The molecule has 1 saturated carbocycles. The van der Waals surface area contributed by atoms with E-state index in [0.717, 1.165) is 0 Å². The molecule has 6 nitrogen and oxygen atoms in total. The highest BCUT2D eigenvalue weighted by Gasteiger charge is 2.36. The Balaban J connectivity index is 1.60. The third-order valence-electron chi connectivity index (χ3n) is 4.52. The van der Waals surface area contributed by atoms with Crippen molar-refractivity contribution in [2.75, 3.05) is 6.54 Å². The maximum absolute atomic E-state index is 13.3. The predicted octanol–water partition coefficient (Wildman–Crippen LogP) is 2.11. The van der Waals surface area contributed by atoms with Gasteiger partial charge in [0.1, 0.15) is 5.82 Å². The Labute approximate surface area is 139 Å². The Morgan fingerprint density at radius 1 is 1.42 bits per heavy atom. The lowest BCUT2D eigenvalue weighted by molar-refractivity contribution is 0.0915. The number of nitrogens with one attached hydrogen (secondary N) is 1. The molecule has 1 heterocycles. The Bertz CT molecular complexity index is 746. The molecule has 1 aliphatic carbocycles. The van der Waals surface area contributed by atoms with Crippen LogP contribution in [0.2, 0.25) is 0 Å². The topological polar surface area (TPSA) is 88.2 Å². The molecule has 3 atom stereocenters. The van der Waals surface area contributed by atoms with Crippen molar-refractivity contribution in [3.63, 3.8) is 0 Å². The number of carbonyl (C=O) groups is 1. The summed E-state index contributed by atoms with van der Waals surface area (Å²) in [6, 6.07) is 4.12. The lowest BCUT2D eigenvalue weighted by atomic mass is 10.0. The summed E-state index contributed by atoms with van der Waals surface area (Å²) in [6.45, 7) is 3.82. The molecule has 1 fully saturated rings. The quantitative estimate of drug-likeness (QED) is 0.895. The SMILES string of the molecule is Cc1noc([C@H]2C[C@H](CNC(=O)c3cc(F)ccc3C)[C@H](O)C2)n1. The zero-order chi connectivity index (χ0) is 17.3. The van der Waals surface area contributed by atoms with E-state index in [2.05, 4.69) is 15.5 Å². The first kappa shape index (κ1) is 16.6. The van der Waals surface area contributed by atoms with Gasteiger partial charge in [-0.05, 0) is 44.4 Å². The van der Waals surface area contributed by atoms with Crippen LogP contribution in [-0.2, 0) is 0 Å². The molecule has 1 aliphatic rings. The molecule has 2 N–H and O–H groups in total. The number of aliphatic hydroxyl groups excluding tert-OH is 1. The van der Waals surface area contributed by atoms with Crippen LogP contribution in [0.5, 0.6) is 0 Å². The Kier molecular flexibility index (Phi) is 4.62. The third-order valence-corrected chi connectivity index (χ3v) is 4.52. The van der Waals surface area contributed by atoms with Gasteiger partial charge in [-0.15, -0.1) is 0 Å². The van der Waals surface area contributed by atoms with Crippen LogP contribution < -0.4 is 5.32 Å². The van der Waals surface area contributed by atoms with Crippen LogP contribution in [0.4, 0.5) is 4.39 Å². The zero-order valence-electron chi connectivity index (χ0n) is 13.6. The standard InChI is InChI=1S/C17H20FN3O3/c1-9-3-4-13(18)7-14(9)16(23)19-8-12-5-11(6-15(12)22)17-20-10(2)21-24-17/h3-4,7,11-12,15,22H,5-6,8H2,1-2H3,(H,19,23)/t11-,12+,15+/m0/s1. The van der Waals surface area contributed by atoms with Crippen molar-refractivity contribution >= 4 is 5.91 Å². The number of aromatic nitrogens is 2. The van der Waals surface area contributed by atoms with Crippen molar-refractivity contribution in [2.24, 2.45) is 5.92 Å². The van der Waals surface area contributed by atoms with E-state index in [9.17, 15) is 14.3 Å². The number of halogens is 1. The Hall–Kier alpha value is -2.28. The van der Waals surface area contributed by atoms with Gasteiger partial charge in [-0.3, -0.25) is 4.79 Å². The van der Waals surface area contributed by atoms with E-state index in [-0.39, 0.29) is 17.7 Å². The van der Waals surface area contributed by atoms with E-state index in [4.69, 9.17) is 4.52 Å². The van der Waals surface area contributed by atoms with Crippen LogP contribution in [0.3, 0.4) is 0 Å². The molecular formula is C17H20FN3O3. The minimum Gasteiger partial charge on any atom is -0.393 e. The number of aryl methyl sites for hydroxylation is 2. The second kappa shape index (κ2) is 6.68. The van der Waals surface area contributed by atoms with Gasteiger partial charge in [0, 0.05) is 23.9 Å². The Morgan fingerprint density at radius 3 is 2.92 bits per heavy atom. The lowest BCUT2D eigenvalue weighted by Gasteiger charge is -2.15. The van der Waals surface area contributed by atoms with E-state index < -0.39 is 11.9 Å². The van der Waals surface area contributed by atoms with E-state index >= 15 is 0 Å². The van der Waals surface area contributed by atoms with Crippen LogP contribution in [0.1, 0.15) is 46.4 Å². The predicted molar refractivity (Wildman–Crippen MR) is 84.0 cm³/mol. The van der Waals surface area contributed by atoms with Crippen LogP contribution in [0.15, 0.2) is 22.7 Å². The van der Waals surface area contributed by atoms with Gasteiger partial charge in [0.2, 0.25) is 5.89 Å². The normalized spacial score (nSPS) is 23.4. The van der Waals surface area contributed by atoms with Gasteiger partial charge >= 0.3 is 0 Å². The molecular weight excluding hydrogens is 313 g/mol. The minimum absolute atomic E-state index is 0.000919. The number of hydrogen-bond donors (Lipinski definition) is 2. The molecule has 7 heteroatoms. The number of amides is 1. The van der Waals surface area contributed by atoms with Gasteiger partial charge in [0.15, 0.2) is 5.82 Å². The fourth-order valence-electron chi connectivity index (χ4n) is 3.16. The average Bonchev–Trinajstić information content (AvgIpc) is 3.13. The van der Waals surface area contributed by atoms with Gasteiger partial charge in [0.25, 0.3) is 5.91 Å². The summed E-state index contributed by atoms with van der Waals surface area (Å²) >= 11 is 0. The molecule has 0 radical (unpaired) electrons. The molecule has 0 unspecified atom stereocenters.